The Balaban J connectivity index is 2.03. The van der Waals surface area contributed by atoms with E-state index in [9.17, 15) is 20.0 Å². The minimum atomic E-state index is -1.09. The Morgan fingerprint density at radius 3 is 2.85 bits per heavy atom. The van der Waals surface area contributed by atoms with Crippen LogP contribution in [0.4, 0.5) is 5.69 Å². The molecular weight excluding hydrogens is 266 g/mol. The van der Waals surface area contributed by atoms with Crippen molar-refractivity contribution >= 4 is 11.7 Å². The summed E-state index contributed by atoms with van der Waals surface area (Å²) in [5.41, 5.74) is 0.453. The highest BCUT2D eigenvalue weighted by Gasteiger charge is 2.43. The van der Waals surface area contributed by atoms with E-state index in [4.69, 9.17) is 9.47 Å². The van der Waals surface area contributed by atoms with Gasteiger partial charge in [0.25, 0.3) is 5.69 Å². The van der Waals surface area contributed by atoms with Crippen LogP contribution in [-0.2, 0) is 9.47 Å². The average molecular weight is 279 g/mol. The SMILES string of the molecule is O=C(O)c1ccc([N+](=O)[O-])cc1[C@H]1CO[C@H]2COC[C@H]21. The Bertz CT molecular complexity index is 572. The molecule has 106 valence electrons. The first-order valence-corrected chi connectivity index (χ1v) is 6.29. The van der Waals surface area contributed by atoms with Gasteiger partial charge in [-0.3, -0.25) is 10.1 Å². The highest BCUT2D eigenvalue weighted by molar-refractivity contribution is 5.90. The monoisotopic (exact) mass is 279 g/mol. The Labute approximate surface area is 114 Å². The summed E-state index contributed by atoms with van der Waals surface area (Å²) < 4.78 is 10.9. The molecule has 0 aromatic heterocycles. The van der Waals surface area contributed by atoms with Crippen molar-refractivity contribution in [2.45, 2.75) is 12.0 Å². The largest absolute Gasteiger partial charge is 0.478 e. The number of hydrogen-bond acceptors (Lipinski definition) is 5. The summed E-state index contributed by atoms with van der Waals surface area (Å²) in [5.74, 6) is -1.19. The molecule has 1 aromatic rings. The molecule has 2 fully saturated rings. The van der Waals surface area contributed by atoms with Crippen LogP contribution in [-0.4, -0.2) is 41.9 Å². The number of nitro benzene ring substituents is 1. The lowest BCUT2D eigenvalue weighted by molar-refractivity contribution is -0.384. The third-order valence-electron chi connectivity index (χ3n) is 3.95. The molecule has 2 aliphatic heterocycles. The van der Waals surface area contributed by atoms with E-state index in [1.165, 1.54) is 18.2 Å². The fourth-order valence-electron chi connectivity index (χ4n) is 2.93. The molecule has 3 atom stereocenters. The van der Waals surface area contributed by atoms with E-state index in [1.807, 2.05) is 0 Å². The lowest BCUT2D eigenvalue weighted by atomic mass is 9.84. The fourth-order valence-corrected chi connectivity index (χ4v) is 2.93. The Morgan fingerprint density at radius 2 is 2.15 bits per heavy atom. The molecule has 1 N–H and O–H groups in total. The third kappa shape index (κ3) is 2.04. The number of nitrogens with zero attached hydrogens (tertiary/aromatic N) is 1. The van der Waals surface area contributed by atoms with Gasteiger partial charge in [0, 0.05) is 24.0 Å². The summed E-state index contributed by atoms with van der Waals surface area (Å²) in [6.07, 6.45) is -0.0408. The predicted molar refractivity (Wildman–Crippen MR) is 66.8 cm³/mol. The number of hydrogen-bond donors (Lipinski definition) is 1. The molecule has 2 saturated heterocycles. The number of fused-ring (bicyclic) bond motifs is 1. The quantitative estimate of drug-likeness (QED) is 0.663. The average Bonchev–Trinajstić information content (AvgIpc) is 3.00. The second-order valence-corrected chi connectivity index (χ2v) is 5.01. The zero-order valence-corrected chi connectivity index (χ0v) is 10.5. The molecule has 2 heterocycles. The standard InChI is InChI=1S/C13H13NO6/c15-13(16)8-2-1-7(14(17)18)3-9(8)10-5-20-12-6-19-4-11(10)12/h1-3,10-12H,4-6H2,(H,15,16)/t10-,11+,12+/m1/s1. The van der Waals surface area contributed by atoms with Crippen molar-refractivity contribution in [2.24, 2.45) is 5.92 Å². The number of carboxylic acid groups (broad SMARTS) is 1. The minimum Gasteiger partial charge on any atom is -0.478 e. The number of non-ortho nitro benzene ring substituents is 1. The number of ether oxygens (including phenoxy) is 2. The van der Waals surface area contributed by atoms with Crippen LogP contribution in [0.1, 0.15) is 21.8 Å². The molecule has 20 heavy (non-hydrogen) atoms. The second-order valence-electron chi connectivity index (χ2n) is 5.01. The van der Waals surface area contributed by atoms with E-state index in [2.05, 4.69) is 0 Å². The minimum absolute atomic E-state index is 0.0408. The van der Waals surface area contributed by atoms with Gasteiger partial charge in [0.2, 0.25) is 0 Å². The molecule has 0 amide bonds. The van der Waals surface area contributed by atoms with Gasteiger partial charge in [-0.15, -0.1) is 0 Å². The number of aromatic carboxylic acids is 1. The number of carboxylic acids is 1. The molecule has 0 bridgehead atoms. The summed E-state index contributed by atoms with van der Waals surface area (Å²) in [6.45, 7) is 1.37. The zero-order valence-electron chi connectivity index (χ0n) is 10.5. The van der Waals surface area contributed by atoms with Crippen LogP contribution in [0, 0.1) is 16.0 Å². The van der Waals surface area contributed by atoms with Gasteiger partial charge in [0.05, 0.1) is 36.4 Å². The lowest BCUT2D eigenvalue weighted by Gasteiger charge is -2.17. The Hall–Kier alpha value is -1.99. The van der Waals surface area contributed by atoms with Gasteiger partial charge in [0.15, 0.2) is 0 Å². The first-order valence-electron chi connectivity index (χ1n) is 6.29. The maximum atomic E-state index is 11.3. The number of carbonyl (C=O) groups is 1. The highest BCUT2D eigenvalue weighted by Crippen LogP contribution is 2.41. The van der Waals surface area contributed by atoms with E-state index in [0.717, 1.165) is 0 Å². The van der Waals surface area contributed by atoms with Gasteiger partial charge in [0.1, 0.15) is 0 Å². The van der Waals surface area contributed by atoms with E-state index in [0.29, 0.717) is 25.4 Å². The molecule has 7 heteroatoms. The molecule has 7 nitrogen and oxygen atoms in total. The number of nitro groups is 1. The van der Waals surface area contributed by atoms with Crippen molar-refractivity contribution in [3.63, 3.8) is 0 Å². The normalized spacial score (nSPS) is 28.3. The molecule has 0 unspecified atom stereocenters. The highest BCUT2D eigenvalue weighted by atomic mass is 16.6. The molecule has 3 rings (SSSR count). The van der Waals surface area contributed by atoms with Crippen LogP contribution in [0.5, 0.6) is 0 Å². The molecule has 0 saturated carbocycles. The van der Waals surface area contributed by atoms with Crippen molar-refractivity contribution in [2.75, 3.05) is 19.8 Å². The lowest BCUT2D eigenvalue weighted by Crippen LogP contribution is -2.19. The van der Waals surface area contributed by atoms with Crippen LogP contribution in [0.15, 0.2) is 18.2 Å². The Kier molecular flexibility index (Phi) is 3.15. The summed E-state index contributed by atoms with van der Waals surface area (Å²) in [6, 6.07) is 3.85. The van der Waals surface area contributed by atoms with Gasteiger partial charge in [-0.05, 0) is 11.6 Å². The molecule has 0 radical (unpaired) electrons. The van der Waals surface area contributed by atoms with Crippen LogP contribution < -0.4 is 0 Å². The first-order chi connectivity index (χ1) is 9.58. The van der Waals surface area contributed by atoms with Crippen molar-refractivity contribution in [1.29, 1.82) is 0 Å². The summed E-state index contributed by atoms with van der Waals surface area (Å²) in [5, 5.41) is 20.1. The van der Waals surface area contributed by atoms with E-state index in [-0.39, 0.29) is 29.2 Å². The van der Waals surface area contributed by atoms with Crippen molar-refractivity contribution in [3.8, 4) is 0 Å². The maximum absolute atomic E-state index is 11.3. The molecule has 0 spiro atoms. The summed E-state index contributed by atoms with van der Waals surface area (Å²) in [4.78, 5) is 21.7. The van der Waals surface area contributed by atoms with Gasteiger partial charge in [-0.2, -0.15) is 0 Å². The zero-order chi connectivity index (χ0) is 14.3. The van der Waals surface area contributed by atoms with Gasteiger partial charge >= 0.3 is 5.97 Å². The summed E-state index contributed by atoms with van der Waals surface area (Å²) in [7, 11) is 0. The Morgan fingerprint density at radius 1 is 1.35 bits per heavy atom. The van der Waals surface area contributed by atoms with Crippen LogP contribution in [0.3, 0.4) is 0 Å². The van der Waals surface area contributed by atoms with Crippen molar-refractivity contribution in [3.05, 3.63) is 39.4 Å². The predicted octanol–water partition coefficient (Wildman–Crippen LogP) is 1.42. The molecular formula is C13H13NO6. The van der Waals surface area contributed by atoms with Gasteiger partial charge in [-0.1, -0.05) is 0 Å². The van der Waals surface area contributed by atoms with E-state index in [1.54, 1.807) is 0 Å². The smallest absolute Gasteiger partial charge is 0.335 e. The van der Waals surface area contributed by atoms with Gasteiger partial charge < -0.3 is 14.6 Å². The van der Waals surface area contributed by atoms with E-state index < -0.39 is 10.9 Å². The first kappa shape index (κ1) is 13.0. The number of benzene rings is 1. The van der Waals surface area contributed by atoms with Gasteiger partial charge in [-0.25, -0.2) is 4.79 Å². The maximum Gasteiger partial charge on any atom is 0.335 e. The summed E-state index contributed by atoms with van der Waals surface area (Å²) >= 11 is 0. The van der Waals surface area contributed by atoms with Crippen molar-refractivity contribution < 1.29 is 24.3 Å². The van der Waals surface area contributed by atoms with E-state index >= 15 is 0 Å². The fraction of sp³-hybridized carbons (Fsp3) is 0.462. The molecule has 2 aliphatic rings. The topological polar surface area (TPSA) is 98.9 Å². The van der Waals surface area contributed by atoms with Crippen LogP contribution in [0.2, 0.25) is 0 Å². The van der Waals surface area contributed by atoms with Crippen LogP contribution in [0.25, 0.3) is 0 Å². The van der Waals surface area contributed by atoms with Crippen molar-refractivity contribution in [1.82, 2.24) is 0 Å². The van der Waals surface area contributed by atoms with Crippen LogP contribution >= 0.6 is 0 Å². The molecule has 1 aromatic carbocycles. The molecule has 0 aliphatic carbocycles. The number of rotatable bonds is 3. The third-order valence-corrected chi connectivity index (χ3v) is 3.95. The second kappa shape index (κ2) is 4.84.